The van der Waals surface area contributed by atoms with Gasteiger partial charge in [0, 0.05) is 37.9 Å². The van der Waals surface area contributed by atoms with E-state index in [1.165, 1.54) is 0 Å². The molecule has 4 rings (SSSR count). The maximum absolute atomic E-state index is 12.7. The molecular weight excluding hydrogens is 378 g/mol. The van der Waals surface area contributed by atoms with Crippen LogP contribution < -0.4 is 10.2 Å². The molecule has 8 nitrogen and oxygen atoms in total. The molecule has 1 aliphatic heterocycles. The summed E-state index contributed by atoms with van der Waals surface area (Å²) < 4.78 is 0. The van der Waals surface area contributed by atoms with Gasteiger partial charge in [-0.05, 0) is 61.0 Å². The molecule has 3 heterocycles. The van der Waals surface area contributed by atoms with E-state index in [-0.39, 0.29) is 5.91 Å². The van der Waals surface area contributed by atoms with E-state index < -0.39 is 0 Å². The number of carbonyl (C=O) groups is 1. The third-order valence-electron chi connectivity index (χ3n) is 4.97. The average molecular weight is 399 g/mol. The Morgan fingerprint density at radius 1 is 1.00 bits per heavy atom. The van der Waals surface area contributed by atoms with Gasteiger partial charge in [0.05, 0.1) is 11.6 Å². The van der Waals surface area contributed by atoms with Crippen LogP contribution in [-0.2, 0) is 0 Å². The van der Waals surface area contributed by atoms with Crippen LogP contribution in [0.3, 0.4) is 0 Å². The van der Waals surface area contributed by atoms with Crippen LogP contribution in [0, 0.1) is 18.3 Å². The zero-order chi connectivity index (χ0) is 20.9. The van der Waals surface area contributed by atoms with Gasteiger partial charge in [-0.25, -0.2) is 4.98 Å². The van der Waals surface area contributed by atoms with Crippen LogP contribution in [0.2, 0.25) is 0 Å². The van der Waals surface area contributed by atoms with Gasteiger partial charge in [0.25, 0.3) is 5.91 Å². The Hall–Kier alpha value is -3.99. The summed E-state index contributed by atoms with van der Waals surface area (Å²) in [4.78, 5) is 20.9. The van der Waals surface area contributed by atoms with Gasteiger partial charge in [-0.1, -0.05) is 0 Å². The molecule has 0 aliphatic carbocycles. The largest absolute Gasteiger partial charge is 0.352 e. The zero-order valence-corrected chi connectivity index (χ0v) is 16.6. The van der Waals surface area contributed by atoms with Gasteiger partial charge in [0.15, 0.2) is 11.6 Å². The number of hydrogen-bond donors (Lipinski definition) is 1. The van der Waals surface area contributed by atoms with Crippen molar-refractivity contribution in [2.45, 2.75) is 6.92 Å². The van der Waals surface area contributed by atoms with Gasteiger partial charge >= 0.3 is 0 Å². The number of aryl methyl sites for hydroxylation is 1. The molecule has 1 aromatic carbocycles. The number of hydrogen-bond acceptors (Lipinski definition) is 7. The van der Waals surface area contributed by atoms with Crippen molar-refractivity contribution >= 4 is 23.4 Å². The van der Waals surface area contributed by atoms with Crippen LogP contribution in [0.5, 0.6) is 0 Å². The van der Waals surface area contributed by atoms with Crippen molar-refractivity contribution in [2.24, 2.45) is 0 Å². The van der Waals surface area contributed by atoms with Crippen LogP contribution >= 0.6 is 0 Å². The van der Waals surface area contributed by atoms with Gasteiger partial charge in [0.1, 0.15) is 5.82 Å². The highest BCUT2D eigenvalue weighted by Gasteiger charge is 2.23. The SMILES string of the molecule is Cc1ccnc(Nc2ccc(N3CCN(C(=O)c4ccc(C#N)cc4)CC3)nn2)c1. The first-order valence-corrected chi connectivity index (χ1v) is 9.70. The van der Waals surface area contributed by atoms with Crippen molar-refractivity contribution in [3.05, 3.63) is 71.4 Å². The second kappa shape index (κ2) is 8.57. The molecule has 0 bridgehead atoms. The minimum Gasteiger partial charge on any atom is -0.352 e. The molecular formula is C22H21N7O. The van der Waals surface area contributed by atoms with E-state index in [4.69, 9.17) is 5.26 Å². The first kappa shape index (κ1) is 19.3. The Morgan fingerprint density at radius 2 is 1.77 bits per heavy atom. The van der Waals surface area contributed by atoms with E-state index >= 15 is 0 Å². The number of nitrogens with one attached hydrogen (secondary N) is 1. The minimum atomic E-state index is -0.0181. The molecule has 3 aromatic rings. The summed E-state index contributed by atoms with van der Waals surface area (Å²) in [7, 11) is 0. The maximum atomic E-state index is 12.7. The predicted octanol–water partition coefficient (Wildman–Crippen LogP) is 2.76. The molecule has 0 spiro atoms. The van der Waals surface area contributed by atoms with Gasteiger partial charge in [-0.2, -0.15) is 5.26 Å². The second-order valence-electron chi connectivity index (χ2n) is 7.09. The first-order chi connectivity index (χ1) is 14.6. The van der Waals surface area contributed by atoms with E-state index in [2.05, 4.69) is 31.5 Å². The Morgan fingerprint density at radius 3 is 2.40 bits per heavy atom. The molecule has 30 heavy (non-hydrogen) atoms. The third-order valence-corrected chi connectivity index (χ3v) is 4.97. The fourth-order valence-corrected chi connectivity index (χ4v) is 3.30. The van der Waals surface area contributed by atoms with Crippen molar-refractivity contribution < 1.29 is 4.79 Å². The van der Waals surface area contributed by atoms with Gasteiger partial charge in [-0.15, -0.1) is 10.2 Å². The number of anilines is 3. The van der Waals surface area contributed by atoms with E-state index in [0.29, 0.717) is 43.1 Å². The summed E-state index contributed by atoms with van der Waals surface area (Å²) in [5.41, 5.74) is 2.26. The van der Waals surface area contributed by atoms with Crippen molar-refractivity contribution in [2.75, 3.05) is 36.4 Å². The lowest BCUT2D eigenvalue weighted by Gasteiger charge is -2.35. The summed E-state index contributed by atoms with van der Waals surface area (Å²) in [5, 5.41) is 20.6. The van der Waals surface area contributed by atoms with Crippen molar-refractivity contribution in [1.29, 1.82) is 5.26 Å². The highest BCUT2D eigenvalue weighted by Crippen LogP contribution is 2.18. The normalized spacial score (nSPS) is 13.6. The monoisotopic (exact) mass is 399 g/mol. The lowest BCUT2D eigenvalue weighted by Crippen LogP contribution is -2.49. The molecule has 1 amide bonds. The van der Waals surface area contributed by atoms with E-state index in [9.17, 15) is 4.79 Å². The molecule has 1 N–H and O–H groups in total. The predicted molar refractivity (Wildman–Crippen MR) is 114 cm³/mol. The number of nitriles is 1. The third kappa shape index (κ3) is 4.36. The Kier molecular flexibility index (Phi) is 5.52. The van der Waals surface area contributed by atoms with Crippen molar-refractivity contribution in [3.63, 3.8) is 0 Å². The highest BCUT2D eigenvalue weighted by atomic mass is 16.2. The number of nitrogens with zero attached hydrogens (tertiary/aromatic N) is 6. The van der Waals surface area contributed by atoms with Gasteiger partial charge in [0.2, 0.25) is 0 Å². The number of rotatable bonds is 4. The molecule has 0 unspecified atom stereocenters. The summed E-state index contributed by atoms with van der Waals surface area (Å²) in [6.45, 7) is 4.58. The van der Waals surface area contributed by atoms with Gasteiger partial charge in [-0.3, -0.25) is 4.79 Å². The smallest absolute Gasteiger partial charge is 0.253 e. The maximum Gasteiger partial charge on any atom is 0.253 e. The average Bonchev–Trinajstić information content (AvgIpc) is 2.79. The number of pyridine rings is 1. The quantitative estimate of drug-likeness (QED) is 0.720. The van der Waals surface area contributed by atoms with Crippen LogP contribution in [0.1, 0.15) is 21.5 Å². The van der Waals surface area contributed by atoms with Crippen LogP contribution in [0.4, 0.5) is 17.5 Å². The van der Waals surface area contributed by atoms with E-state index in [1.807, 2.05) is 36.1 Å². The molecule has 0 radical (unpaired) electrons. The van der Waals surface area contributed by atoms with Gasteiger partial charge < -0.3 is 15.1 Å². The highest BCUT2D eigenvalue weighted by molar-refractivity contribution is 5.94. The van der Waals surface area contributed by atoms with E-state index in [1.54, 1.807) is 30.5 Å². The second-order valence-corrected chi connectivity index (χ2v) is 7.09. The molecule has 0 saturated carbocycles. The molecule has 1 saturated heterocycles. The number of amides is 1. The molecule has 8 heteroatoms. The Labute approximate surface area is 174 Å². The fourth-order valence-electron chi connectivity index (χ4n) is 3.30. The van der Waals surface area contributed by atoms with Crippen molar-refractivity contribution in [1.82, 2.24) is 20.1 Å². The molecule has 1 aliphatic rings. The number of benzene rings is 1. The molecule has 150 valence electrons. The topological polar surface area (TPSA) is 98.0 Å². The Bertz CT molecular complexity index is 1070. The van der Waals surface area contributed by atoms with Crippen molar-refractivity contribution in [3.8, 4) is 6.07 Å². The number of carbonyl (C=O) groups excluding carboxylic acids is 1. The van der Waals surface area contributed by atoms with Crippen LogP contribution in [-0.4, -0.2) is 52.2 Å². The van der Waals surface area contributed by atoms with Crippen LogP contribution in [0.25, 0.3) is 0 Å². The molecule has 0 atom stereocenters. The lowest BCUT2D eigenvalue weighted by atomic mass is 10.1. The van der Waals surface area contributed by atoms with Crippen LogP contribution in [0.15, 0.2) is 54.7 Å². The molecule has 1 fully saturated rings. The number of aromatic nitrogens is 3. The van der Waals surface area contributed by atoms with E-state index in [0.717, 1.165) is 17.2 Å². The summed E-state index contributed by atoms with van der Waals surface area (Å²) in [6, 6.07) is 16.5. The summed E-state index contributed by atoms with van der Waals surface area (Å²) >= 11 is 0. The lowest BCUT2D eigenvalue weighted by molar-refractivity contribution is 0.0746. The minimum absolute atomic E-state index is 0.0181. The standard InChI is InChI=1S/C22H21N7O/c1-16-8-9-24-20(14-16)25-19-6-7-21(27-26-19)28-10-12-29(13-11-28)22(30)18-4-2-17(15-23)3-5-18/h2-9,14H,10-13H2,1H3,(H,24,25,26). The Balaban J connectivity index is 1.34. The first-order valence-electron chi connectivity index (χ1n) is 9.70. The fraction of sp³-hybridized carbons (Fsp3) is 0.227. The summed E-state index contributed by atoms with van der Waals surface area (Å²) in [6.07, 6.45) is 1.75. The molecule has 2 aromatic heterocycles. The summed E-state index contributed by atoms with van der Waals surface area (Å²) in [5.74, 6) is 2.12. The number of piperazine rings is 1. The zero-order valence-electron chi connectivity index (χ0n) is 16.6.